The van der Waals surface area contributed by atoms with Crippen LogP contribution in [0.3, 0.4) is 0 Å². The Morgan fingerprint density at radius 3 is 2.71 bits per heavy atom. The van der Waals surface area contributed by atoms with Gasteiger partial charge in [0.2, 0.25) is 0 Å². The summed E-state index contributed by atoms with van der Waals surface area (Å²) in [4.78, 5) is 25.9. The Kier molecular flexibility index (Phi) is 6.80. The zero-order chi connectivity index (χ0) is 17.5. The van der Waals surface area contributed by atoms with Gasteiger partial charge in [0, 0.05) is 17.1 Å². The maximum atomic E-state index is 12.5. The van der Waals surface area contributed by atoms with Gasteiger partial charge in [-0.3, -0.25) is 14.5 Å². The summed E-state index contributed by atoms with van der Waals surface area (Å²) in [6, 6.07) is 6.37. The van der Waals surface area contributed by atoms with Gasteiger partial charge in [0.15, 0.2) is 6.19 Å². The number of likely N-dealkylation sites (N-methyl/N-ethyl adjacent to an activating group) is 1. The van der Waals surface area contributed by atoms with E-state index < -0.39 is 6.04 Å². The lowest BCUT2D eigenvalue weighted by molar-refractivity contribution is -0.129. The highest BCUT2D eigenvalue weighted by Gasteiger charge is 2.28. The lowest BCUT2D eigenvalue weighted by atomic mass is 9.84. The van der Waals surface area contributed by atoms with Gasteiger partial charge in [0.25, 0.3) is 11.8 Å². The predicted octanol–water partition coefficient (Wildman–Crippen LogP) is 3.46. The third-order valence-electron chi connectivity index (χ3n) is 4.46. The maximum absolute atomic E-state index is 12.5. The molecule has 2 rings (SSSR count). The van der Waals surface area contributed by atoms with Crippen LogP contribution >= 0.6 is 15.9 Å². The first kappa shape index (κ1) is 18.5. The van der Waals surface area contributed by atoms with Gasteiger partial charge in [-0.25, -0.2) is 0 Å². The van der Waals surface area contributed by atoms with Crippen molar-refractivity contribution in [1.82, 2.24) is 10.2 Å². The lowest BCUT2D eigenvalue weighted by Crippen LogP contribution is -2.47. The number of nitrogens with zero attached hydrogens (tertiary/aromatic N) is 2. The van der Waals surface area contributed by atoms with Crippen LogP contribution in [0.15, 0.2) is 28.7 Å². The van der Waals surface area contributed by atoms with Gasteiger partial charge in [-0.05, 0) is 30.5 Å². The number of nitriles is 1. The fraction of sp³-hybridized carbons (Fsp3) is 0.500. The number of hydrogen-bond donors (Lipinski definition) is 1. The average Bonchev–Trinajstić information content (AvgIpc) is 2.60. The summed E-state index contributed by atoms with van der Waals surface area (Å²) in [6.07, 6.45) is 8.14. The molecule has 1 fully saturated rings. The number of nitrogens with one attached hydrogen (secondary N) is 1. The van der Waals surface area contributed by atoms with Crippen molar-refractivity contribution < 1.29 is 9.59 Å². The van der Waals surface area contributed by atoms with Gasteiger partial charge in [0.05, 0.1) is 0 Å². The van der Waals surface area contributed by atoms with Crippen molar-refractivity contribution in [2.75, 3.05) is 7.05 Å². The minimum absolute atomic E-state index is 0.295. The summed E-state index contributed by atoms with van der Waals surface area (Å²) in [5.74, 6) is -0.231. The van der Waals surface area contributed by atoms with Crippen molar-refractivity contribution in [3.8, 4) is 6.19 Å². The zero-order valence-corrected chi connectivity index (χ0v) is 15.4. The molecule has 0 saturated heterocycles. The SMILES string of the molecule is CN(C#N)C(=O)[C@H](CC1CCCCC1)NC(=O)c1cccc(Br)c1. The fourth-order valence-corrected chi connectivity index (χ4v) is 3.53. The van der Waals surface area contributed by atoms with Crippen LogP contribution in [-0.4, -0.2) is 29.8 Å². The summed E-state index contributed by atoms with van der Waals surface area (Å²) in [5, 5.41) is 11.8. The number of amides is 2. The molecule has 1 N–H and O–H groups in total. The minimum Gasteiger partial charge on any atom is -0.340 e. The quantitative estimate of drug-likeness (QED) is 0.616. The molecule has 5 nitrogen and oxygen atoms in total. The minimum atomic E-state index is -0.663. The molecular weight excluding hydrogens is 370 g/mol. The Morgan fingerprint density at radius 1 is 1.38 bits per heavy atom. The van der Waals surface area contributed by atoms with Crippen LogP contribution in [0.5, 0.6) is 0 Å². The molecule has 128 valence electrons. The fourth-order valence-electron chi connectivity index (χ4n) is 3.13. The molecule has 24 heavy (non-hydrogen) atoms. The van der Waals surface area contributed by atoms with Crippen LogP contribution in [0.1, 0.15) is 48.9 Å². The van der Waals surface area contributed by atoms with Crippen molar-refractivity contribution in [2.24, 2.45) is 5.92 Å². The topological polar surface area (TPSA) is 73.2 Å². The highest BCUT2D eigenvalue weighted by molar-refractivity contribution is 9.10. The van der Waals surface area contributed by atoms with E-state index in [-0.39, 0.29) is 11.8 Å². The smallest absolute Gasteiger partial charge is 0.257 e. The largest absolute Gasteiger partial charge is 0.340 e. The molecule has 6 heteroatoms. The second kappa shape index (κ2) is 8.84. The zero-order valence-electron chi connectivity index (χ0n) is 13.8. The molecule has 0 spiro atoms. The molecule has 0 radical (unpaired) electrons. The van der Waals surface area contributed by atoms with E-state index >= 15 is 0 Å². The van der Waals surface area contributed by atoms with Crippen molar-refractivity contribution in [1.29, 1.82) is 5.26 Å². The number of halogens is 1. The van der Waals surface area contributed by atoms with E-state index in [2.05, 4.69) is 21.2 Å². The third kappa shape index (κ3) is 5.07. The molecule has 2 amide bonds. The summed E-state index contributed by atoms with van der Waals surface area (Å²) >= 11 is 3.34. The van der Waals surface area contributed by atoms with E-state index in [4.69, 9.17) is 5.26 Å². The maximum Gasteiger partial charge on any atom is 0.257 e. The summed E-state index contributed by atoms with van der Waals surface area (Å²) in [6.45, 7) is 0. The van der Waals surface area contributed by atoms with E-state index in [0.29, 0.717) is 17.9 Å². The van der Waals surface area contributed by atoms with E-state index in [0.717, 1.165) is 22.2 Å². The number of hydrogen-bond acceptors (Lipinski definition) is 3. The monoisotopic (exact) mass is 391 g/mol. The number of carbonyl (C=O) groups is 2. The second-order valence-electron chi connectivity index (χ2n) is 6.27. The summed E-state index contributed by atoms with van der Waals surface area (Å²) in [7, 11) is 1.43. The first-order chi connectivity index (χ1) is 11.5. The molecule has 0 unspecified atom stereocenters. The van der Waals surface area contributed by atoms with Crippen LogP contribution in [0.25, 0.3) is 0 Å². The van der Waals surface area contributed by atoms with Gasteiger partial charge in [-0.2, -0.15) is 5.26 Å². The molecule has 1 aliphatic carbocycles. The van der Waals surface area contributed by atoms with Gasteiger partial charge < -0.3 is 5.32 Å². The molecule has 1 atom stereocenters. The van der Waals surface area contributed by atoms with Gasteiger partial charge >= 0.3 is 0 Å². The van der Waals surface area contributed by atoms with Crippen LogP contribution in [0, 0.1) is 17.4 Å². The molecule has 0 aliphatic heterocycles. The Bertz CT molecular complexity index is 635. The Hall–Kier alpha value is -1.87. The van der Waals surface area contributed by atoms with Crippen LogP contribution in [0.4, 0.5) is 0 Å². The summed E-state index contributed by atoms with van der Waals surface area (Å²) in [5.41, 5.74) is 0.491. The standard InChI is InChI=1S/C18H22BrN3O2/c1-22(12-20)18(24)16(10-13-6-3-2-4-7-13)21-17(23)14-8-5-9-15(19)11-14/h5,8-9,11,13,16H,2-4,6-7,10H2,1H3,(H,21,23)/t16-/m0/s1. The second-order valence-corrected chi connectivity index (χ2v) is 7.19. The average molecular weight is 392 g/mol. The van der Waals surface area contributed by atoms with Crippen molar-refractivity contribution in [3.63, 3.8) is 0 Å². The lowest BCUT2D eigenvalue weighted by Gasteiger charge is -2.27. The van der Waals surface area contributed by atoms with Gasteiger partial charge in [-0.15, -0.1) is 0 Å². The first-order valence-electron chi connectivity index (χ1n) is 8.25. The number of benzene rings is 1. The van der Waals surface area contributed by atoms with E-state index in [1.165, 1.54) is 26.3 Å². The summed E-state index contributed by atoms with van der Waals surface area (Å²) < 4.78 is 0.805. The normalized spacial score (nSPS) is 16.0. The van der Waals surface area contributed by atoms with Gasteiger partial charge in [0.1, 0.15) is 6.04 Å². The van der Waals surface area contributed by atoms with E-state index in [9.17, 15) is 9.59 Å². The Labute approximate surface area is 151 Å². The molecule has 0 heterocycles. The van der Waals surface area contributed by atoms with E-state index in [1.54, 1.807) is 18.2 Å². The van der Waals surface area contributed by atoms with Crippen molar-refractivity contribution in [3.05, 3.63) is 34.3 Å². The van der Waals surface area contributed by atoms with Crippen LogP contribution in [-0.2, 0) is 4.79 Å². The third-order valence-corrected chi connectivity index (χ3v) is 4.96. The first-order valence-corrected chi connectivity index (χ1v) is 9.04. The molecule has 1 aromatic rings. The van der Waals surface area contributed by atoms with Gasteiger partial charge in [-0.1, -0.05) is 54.1 Å². The highest BCUT2D eigenvalue weighted by Crippen LogP contribution is 2.27. The van der Waals surface area contributed by atoms with E-state index in [1.807, 2.05) is 12.3 Å². The van der Waals surface area contributed by atoms with Crippen LogP contribution < -0.4 is 5.32 Å². The van der Waals surface area contributed by atoms with Crippen LogP contribution in [0.2, 0.25) is 0 Å². The highest BCUT2D eigenvalue weighted by atomic mass is 79.9. The molecule has 1 aromatic carbocycles. The molecule has 0 bridgehead atoms. The number of rotatable bonds is 5. The molecule has 1 aliphatic rings. The molecule has 1 saturated carbocycles. The number of carbonyl (C=O) groups excluding carboxylic acids is 2. The molecular formula is C18H22BrN3O2. The molecule has 0 aromatic heterocycles. The van der Waals surface area contributed by atoms with Crippen molar-refractivity contribution in [2.45, 2.75) is 44.6 Å². The Balaban J connectivity index is 2.10. The Morgan fingerprint density at radius 2 is 2.08 bits per heavy atom. The van der Waals surface area contributed by atoms with Crippen molar-refractivity contribution >= 4 is 27.7 Å². The predicted molar refractivity (Wildman–Crippen MR) is 95.0 cm³/mol.